The van der Waals surface area contributed by atoms with Crippen molar-refractivity contribution in [3.8, 4) is 5.75 Å². The Morgan fingerprint density at radius 3 is 2.54 bits per heavy atom. The third-order valence-electron chi connectivity index (χ3n) is 3.79. The van der Waals surface area contributed by atoms with Gasteiger partial charge in [-0.15, -0.1) is 12.4 Å². The van der Waals surface area contributed by atoms with Crippen LogP contribution in [0.15, 0.2) is 53.4 Å². The van der Waals surface area contributed by atoms with E-state index in [1.165, 1.54) is 4.31 Å². The van der Waals surface area contributed by atoms with E-state index in [9.17, 15) is 8.42 Å². The number of anilines is 1. The molecule has 5 nitrogen and oxygen atoms in total. The molecule has 0 radical (unpaired) electrons. The summed E-state index contributed by atoms with van der Waals surface area (Å²) in [5.74, 6) is 0.671. The molecule has 2 aromatic rings. The minimum atomic E-state index is -3.59. The van der Waals surface area contributed by atoms with Gasteiger partial charge in [0, 0.05) is 19.6 Å². The number of benzene rings is 2. The molecule has 3 rings (SSSR count). The molecule has 0 saturated carbocycles. The molecular formula is C17H21ClN2O3S. The van der Waals surface area contributed by atoms with E-state index < -0.39 is 10.0 Å². The summed E-state index contributed by atoms with van der Waals surface area (Å²) in [7, 11) is -3.59. The fourth-order valence-electron chi connectivity index (χ4n) is 2.68. The van der Waals surface area contributed by atoms with Gasteiger partial charge in [-0.25, -0.2) is 8.42 Å². The molecule has 1 aliphatic heterocycles. The molecule has 0 aliphatic carbocycles. The number of rotatable bonds is 4. The molecule has 0 atom stereocenters. The second-order valence-corrected chi connectivity index (χ2v) is 7.15. The summed E-state index contributed by atoms with van der Waals surface area (Å²) in [5, 5.41) is 3.26. The molecule has 1 N–H and O–H groups in total. The number of halogens is 1. The Labute approximate surface area is 149 Å². The van der Waals surface area contributed by atoms with Gasteiger partial charge in [0.15, 0.2) is 0 Å². The maximum atomic E-state index is 13.0. The molecule has 2 aromatic carbocycles. The van der Waals surface area contributed by atoms with Gasteiger partial charge in [-0.1, -0.05) is 18.2 Å². The average Bonchev–Trinajstić information content (AvgIpc) is 2.78. The van der Waals surface area contributed by atoms with E-state index in [0.717, 1.165) is 11.3 Å². The summed E-state index contributed by atoms with van der Waals surface area (Å²) in [6.45, 7) is 4.14. The van der Waals surface area contributed by atoms with Gasteiger partial charge in [0.05, 0.1) is 17.2 Å². The molecule has 0 saturated heterocycles. The van der Waals surface area contributed by atoms with Gasteiger partial charge in [-0.2, -0.15) is 0 Å². The first-order chi connectivity index (χ1) is 11.1. The van der Waals surface area contributed by atoms with Gasteiger partial charge in [0.2, 0.25) is 0 Å². The van der Waals surface area contributed by atoms with Crippen molar-refractivity contribution in [2.45, 2.75) is 18.4 Å². The Bertz CT molecular complexity index is 779. The van der Waals surface area contributed by atoms with Gasteiger partial charge in [-0.3, -0.25) is 4.31 Å². The summed E-state index contributed by atoms with van der Waals surface area (Å²) >= 11 is 0. The van der Waals surface area contributed by atoms with E-state index in [2.05, 4.69) is 5.32 Å². The third-order valence-corrected chi connectivity index (χ3v) is 5.62. The number of para-hydroxylation sites is 1. The highest BCUT2D eigenvalue weighted by atomic mass is 35.5. The molecule has 0 aromatic heterocycles. The van der Waals surface area contributed by atoms with Crippen LogP contribution < -0.4 is 14.4 Å². The van der Waals surface area contributed by atoms with Crippen molar-refractivity contribution in [1.82, 2.24) is 5.32 Å². The predicted octanol–water partition coefficient (Wildman–Crippen LogP) is 2.81. The van der Waals surface area contributed by atoms with Crippen LogP contribution in [-0.4, -0.2) is 28.1 Å². The second kappa shape index (κ2) is 7.88. The van der Waals surface area contributed by atoms with Crippen molar-refractivity contribution in [1.29, 1.82) is 0 Å². The van der Waals surface area contributed by atoms with Gasteiger partial charge >= 0.3 is 0 Å². The molecular weight excluding hydrogens is 348 g/mol. The lowest BCUT2D eigenvalue weighted by Crippen LogP contribution is -2.34. The van der Waals surface area contributed by atoms with Crippen molar-refractivity contribution in [3.63, 3.8) is 0 Å². The standard InChI is InChI=1S/C17H20N2O3S.ClH/c1-2-22-15-7-9-16(10-8-15)23(20,21)19-12-11-18-13-14-5-3-4-6-17(14)19;/h3-10,18H,2,11-13H2,1H3;1H. The van der Waals surface area contributed by atoms with Crippen LogP contribution in [0.3, 0.4) is 0 Å². The zero-order valence-corrected chi connectivity index (χ0v) is 15.1. The summed E-state index contributed by atoms with van der Waals surface area (Å²) < 4.78 is 32.9. The first-order valence-corrected chi connectivity index (χ1v) is 9.11. The molecule has 7 heteroatoms. The molecule has 24 heavy (non-hydrogen) atoms. The summed E-state index contributed by atoms with van der Waals surface area (Å²) in [5.41, 5.74) is 1.73. The fraction of sp³-hybridized carbons (Fsp3) is 0.294. The van der Waals surface area contributed by atoms with E-state index in [1.54, 1.807) is 24.3 Å². The first-order valence-electron chi connectivity index (χ1n) is 7.67. The molecule has 0 bridgehead atoms. The number of nitrogens with zero attached hydrogens (tertiary/aromatic N) is 1. The van der Waals surface area contributed by atoms with E-state index >= 15 is 0 Å². The lowest BCUT2D eigenvalue weighted by Gasteiger charge is -2.24. The van der Waals surface area contributed by atoms with E-state index in [1.807, 2.05) is 31.2 Å². The van der Waals surface area contributed by atoms with Crippen molar-refractivity contribution in [2.75, 3.05) is 24.0 Å². The van der Waals surface area contributed by atoms with E-state index in [4.69, 9.17) is 4.74 Å². The van der Waals surface area contributed by atoms with Crippen LogP contribution in [0.1, 0.15) is 12.5 Å². The molecule has 0 amide bonds. The fourth-order valence-corrected chi connectivity index (χ4v) is 4.18. The zero-order valence-electron chi connectivity index (χ0n) is 13.4. The Hall–Kier alpha value is -1.76. The minimum absolute atomic E-state index is 0. The lowest BCUT2D eigenvalue weighted by atomic mass is 10.2. The SMILES string of the molecule is CCOc1ccc(S(=O)(=O)N2CCNCc3ccccc32)cc1.Cl. The van der Waals surface area contributed by atoms with Gasteiger partial charge in [-0.05, 0) is 42.8 Å². The van der Waals surface area contributed by atoms with Crippen LogP contribution in [0.25, 0.3) is 0 Å². The van der Waals surface area contributed by atoms with Gasteiger partial charge in [0.25, 0.3) is 10.0 Å². The summed E-state index contributed by atoms with van der Waals surface area (Å²) in [6, 6.07) is 14.2. The van der Waals surface area contributed by atoms with Crippen LogP contribution in [-0.2, 0) is 16.6 Å². The maximum Gasteiger partial charge on any atom is 0.264 e. The number of hydrogen-bond donors (Lipinski definition) is 1. The van der Waals surface area contributed by atoms with E-state index in [0.29, 0.717) is 32.0 Å². The Morgan fingerprint density at radius 2 is 1.83 bits per heavy atom. The Kier molecular flexibility index (Phi) is 6.10. The molecule has 130 valence electrons. The summed E-state index contributed by atoms with van der Waals surface area (Å²) in [6.07, 6.45) is 0. The van der Waals surface area contributed by atoms with Crippen LogP contribution in [0.2, 0.25) is 0 Å². The van der Waals surface area contributed by atoms with Gasteiger partial charge in [0.1, 0.15) is 5.75 Å². The highest BCUT2D eigenvalue weighted by Gasteiger charge is 2.27. The Morgan fingerprint density at radius 1 is 1.12 bits per heavy atom. The minimum Gasteiger partial charge on any atom is -0.494 e. The van der Waals surface area contributed by atoms with E-state index in [-0.39, 0.29) is 17.3 Å². The number of nitrogens with one attached hydrogen (secondary N) is 1. The molecule has 1 heterocycles. The smallest absolute Gasteiger partial charge is 0.264 e. The second-order valence-electron chi connectivity index (χ2n) is 5.29. The van der Waals surface area contributed by atoms with Crippen molar-refractivity contribution in [3.05, 3.63) is 54.1 Å². The van der Waals surface area contributed by atoms with Crippen LogP contribution in [0.5, 0.6) is 5.75 Å². The number of hydrogen-bond acceptors (Lipinski definition) is 4. The largest absolute Gasteiger partial charge is 0.494 e. The Balaban J connectivity index is 0.00000208. The third kappa shape index (κ3) is 3.66. The first kappa shape index (κ1) is 18.6. The van der Waals surface area contributed by atoms with Gasteiger partial charge < -0.3 is 10.1 Å². The lowest BCUT2D eigenvalue weighted by molar-refractivity contribution is 0.340. The number of ether oxygens (including phenoxy) is 1. The topological polar surface area (TPSA) is 58.6 Å². The highest BCUT2D eigenvalue weighted by molar-refractivity contribution is 7.92. The number of fused-ring (bicyclic) bond motifs is 1. The average molecular weight is 369 g/mol. The number of sulfonamides is 1. The molecule has 0 fully saturated rings. The van der Waals surface area contributed by atoms with Crippen LogP contribution in [0, 0.1) is 0 Å². The van der Waals surface area contributed by atoms with Crippen LogP contribution >= 0.6 is 12.4 Å². The molecule has 0 spiro atoms. The van der Waals surface area contributed by atoms with Crippen molar-refractivity contribution in [2.24, 2.45) is 0 Å². The molecule has 0 unspecified atom stereocenters. The molecule has 1 aliphatic rings. The zero-order chi connectivity index (χ0) is 16.3. The van der Waals surface area contributed by atoms with Crippen molar-refractivity contribution < 1.29 is 13.2 Å². The normalized spacial score (nSPS) is 14.3. The summed E-state index contributed by atoms with van der Waals surface area (Å²) in [4.78, 5) is 0.276. The van der Waals surface area contributed by atoms with Crippen LogP contribution in [0.4, 0.5) is 5.69 Å². The predicted molar refractivity (Wildman–Crippen MR) is 97.5 cm³/mol. The highest BCUT2D eigenvalue weighted by Crippen LogP contribution is 2.28. The quantitative estimate of drug-likeness (QED) is 0.901. The van der Waals surface area contributed by atoms with Crippen molar-refractivity contribution >= 4 is 28.1 Å². The monoisotopic (exact) mass is 368 g/mol. The maximum absolute atomic E-state index is 13.0.